The summed E-state index contributed by atoms with van der Waals surface area (Å²) < 4.78 is 49.2. The van der Waals surface area contributed by atoms with Gasteiger partial charge in [-0.1, -0.05) is 6.08 Å². The third-order valence-corrected chi connectivity index (χ3v) is 3.51. The van der Waals surface area contributed by atoms with E-state index in [4.69, 9.17) is 9.47 Å². The molecule has 0 aliphatic carbocycles. The van der Waals surface area contributed by atoms with Crippen molar-refractivity contribution >= 4 is 5.57 Å². The molecule has 0 saturated heterocycles. The van der Waals surface area contributed by atoms with Crippen LogP contribution in [0, 0.1) is 0 Å². The highest BCUT2D eigenvalue weighted by Crippen LogP contribution is 2.42. The third-order valence-electron chi connectivity index (χ3n) is 3.51. The van der Waals surface area contributed by atoms with Crippen LogP contribution >= 0.6 is 0 Å². The lowest BCUT2D eigenvalue weighted by molar-refractivity contribution is -0.138. The first-order valence-corrected chi connectivity index (χ1v) is 6.58. The number of hydrogen-bond acceptors (Lipinski definition) is 3. The van der Waals surface area contributed by atoms with E-state index in [0.29, 0.717) is 12.1 Å². The smallest absolute Gasteiger partial charge is 0.420 e. The van der Waals surface area contributed by atoms with E-state index in [1.807, 2.05) is 13.1 Å². The molecule has 1 aliphatic rings. The Morgan fingerprint density at radius 3 is 2.29 bits per heavy atom. The van der Waals surface area contributed by atoms with Crippen LogP contribution in [0.5, 0.6) is 11.5 Å². The monoisotopic (exact) mass is 301 g/mol. The van der Waals surface area contributed by atoms with E-state index in [0.717, 1.165) is 24.6 Å². The molecule has 0 unspecified atom stereocenters. The van der Waals surface area contributed by atoms with Gasteiger partial charge in [-0.15, -0.1) is 0 Å². The van der Waals surface area contributed by atoms with Gasteiger partial charge >= 0.3 is 6.18 Å². The Morgan fingerprint density at radius 2 is 1.76 bits per heavy atom. The van der Waals surface area contributed by atoms with Crippen LogP contribution in [0.15, 0.2) is 18.2 Å². The number of alkyl halides is 3. The predicted octanol–water partition coefficient (Wildman–Crippen LogP) is 3.44. The van der Waals surface area contributed by atoms with Crippen molar-refractivity contribution in [3.05, 3.63) is 29.3 Å². The zero-order chi connectivity index (χ0) is 15.6. The van der Waals surface area contributed by atoms with Gasteiger partial charge in [0.2, 0.25) is 0 Å². The van der Waals surface area contributed by atoms with Crippen LogP contribution in [0.2, 0.25) is 0 Å². The molecular weight excluding hydrogens is 283 g/mol. The second-order valence-electron chi connectivity index (χ2n) is 5.01. The maximum atomic E-state index is 13.0. The van der Waals surface area contributed by atoms with Gasteiger partial charge in [-0.25, -0.2) is 0 Å². The van der Waals surface area contributed by atoms with Crippen LogP contribution in [0.1, 0.15) is 17.5 Å². The molecule has 2 rings (SSSR count). The Balaban J connectivity index is 2.54. The van der Waals surface area contributed by atoms with Crippen molar-refractivity contribution in [1.82, 2.24) is 4.90 Å². The molecule has 1 aliphatic heterocycles. The second kappa shape index (κ2) is 5.97. The normalized spacial score (nSPS) is 16.6. The summed E-state index contributed by atoms with van der Waals surface area (Å²) in [4.78, 5) is 2.11. The fraction of sp³-hybridized carbons (Fsp3) is 0.467. The van der Waals surface area contributed by atoms with E-state index in [9.17, 15) is 13.2 Å². The number of hydrogen-bond donors (Lipinski definition) is 0. The molecule has 0 amide bonds. The van der Waals surface area contributed by atoms with E-state index in [1.54, 1.807) is 0 Å². The molecule has 3 nitrogen and oxygen atoms in total. The van der Waals surface area contributed by atoms with E-state index in [-0.39, 0.29) is 11.5 Å². The zero-order valence-corrected chi connectivity index (χ0v) is 12.3. The lowest BCUT2D eigenvalue weighted by Gasteiger charge is -2.25. The van der Waals surface area contributed by atoms with Crippen molar-refractivity contribution < 1.29 is 22.6 Å². The summed E-state index contributed by atoms with van der Waals surface area (Å²) in [6.45, 7) is 1.61. The quantitative estimate of drug-likeness (QED) is 0.853. The van der Waals surface area contributed by atoms with Crippen molar-refractivity contribution in [1.29, 1.82) is 0 Å². The lowest BCUT2D eigenvalue weighted by Crippen LogP contribution is -2.25. The van der Waals surface area contributed by atoms with Crippen molar-refractivity contribution in [2.24, 2.45) is 0 Å². The Labute approximate surface area is 122 Å². The van der Waals surface area contributed by atoms with Gasteiger partial charge in [-0.2, -0.15) is 13.2 Å². The van der Waals surface area contributed by atoms with E-state index in [1.165, 1.54) is 20.3 Å². The van der Waals surface area contributed by atoms with Gasteiger partial charge < -0.3 is 14.4 Å². The average molecular weight is 301 g/mol. The largest absolute Gasteiger partial charge is 0.496 e. The molecule has 1 aromatic rings. The first kappa shape index (κ1) is 15.7. The van der Waals surface area contributed by atoms with Crippen LogP contribution in [0.4, 0.5) is 13.2 Å². The first-order valence-electron chi connectivity index (χ1n) is 6.58. The molecule has 1 aromatic carbocycles. The Kier molecular flexibility index (Phi) is 4.46. The van der Waals surface area contributed by atoms with Crippen LogP contribution in [0.25, 0.3) is 5.57 Å². The fourth-order valence-corrected chi connectivity index (χ4v) is 2.46. The number of methoxy groups -OCH3 is 2. The highest BCUT2D eigenvalue weighted by atomic mass is 19.4. The van der Waals surface area contributed by atoms with E-state index < -0.39 is 11.7 Å². The van der Waals surface area contributed by atoms with Gasteiger partial charge in [-0.3, -0.25) is 0 Å². The number of likely N-dealkylation sites (N-methyl/N-ethyl adjacent to an activating group) is 1. The Morgan fingerprint density at radius 1 is 1.10 bits per heavy atom. The van der Waals surface area contributed by atoms with Crippen LogP contribution in [-0.4, -0.2) is 39.3 Å². The average Bonchev–Trinajstić information content (AvgIpc) is 2.44. The SMILES string of the molecule is COc1cc(C(F)(F)F)c(OC)cc1C1=CCCN(C)C1. The second-order valence-corrected chi connectivity index (χ2v) is 5.01. The fourth-order valence-electron chi connectivity index (χ4n) is 2.46. The predicted molar refractivity (Wildman–Crippen MR) is 74.6 cm³/mol. The molecule has 0 spiro atoms. The molecule has 6 heteroatoms. The maximum Gasteiger partial charge on any atom is 0.420 e. The minimum Gasteiger partial charge on any atom is -0.496 e. The van der Waals surface area contributed by atoms with Gasteiger partial charge in [-0.05, 0) is 31.2 Å². The Hall–Kier alpha value is -1.69. The summed E-state index contributed by atoms with van der Waals surface area (Å²) in [5.74, 6) is 0.0251. The number of rotatable bonds is 3. The number of benzene rings is 1. The van der Waals surface area contributed by atoms with Crippen LogP contribution < -0.4 is 9.47 Å². The van der Waals surface area contributed by atoms with Crippen molar-refractivity contribution in [2.75, 3.05) is 34.4 Å². The molecule has 0 fully saturated rings. The van der Waals surface area contributed by atoms with Crippen molar-refractivity contribution in [2.45, 2.75) is 12.6 Å². The minimum atomic E-state index is -4.48. The van der Waals surface area contributed by atoms with E-state index >= 15 is 0 Å². The Bertz CT molecular complexity index is 553. The molecule has 0 saturated carbocycles. The number of nitrogens with zero attached hydrogens (tertiary/aromatic N) is 1. The molecule has 0 atom stereocenters. The molecule has 116 valence electrons. The topological polar surface area (TPSA) is 21.7 Å². The van der Waals surface area contributed by atoms with Gasteiger partial charge in [0.1, 0.15) is 17.1 Å². The zero-order valence-electron chi connectivity index (χ0n) is 12.3. The van der Waals surface area contributed by atoms with Crippen molar-refractivity contribution in [3.63, 3.8) is 0 Å². The summed E-state index contributed by atoms with van der Waals surface area (Å²) in [5, 5.41) is 0. The summed E-state index contributed by atoms with van der Waals surface area (Å²) >= 11 is 0. The van der Waals surface area contributed by atoms with Gasteiger partial charge in [0, 0.05) is 18.7 Å². The van der Waals surface area contributed by atoms with Gasteiger partial charge in [0.15, 0.2) is 0 Å². The molecule has 0 N–H and O–H groups in total. The minimum absolute atomic E-state index is 0.188. The lowest BCUT2D eigenvalue weighted by atomic mass is 9.98. The number of halogens is 3. The highest BCUT2D eigenvalue weighted by molar-refractivity contribution is 5.74. The van der Waals surface area contributed by atoms with Crippen LogP contribution in [0.3, 0.4) is 0 Å². The highest BCUT2D eigenvalue weighted by Gasteiger charge is 2.36. The summed E-state index contributed by atoms with van der Waals surface area (Å²) in [6.07, 6.45) is -1.59. The number of ether oxygens (including phenoxy) is 2. The molecule has 0 aromatic heterocycles. The molecular formula is C15H18F3NO2. The van der Waals surface area contributed by atoms with Gasteiger partial charge in [0.25, 0.3) is 0 Å². The summed E-state index contributed by atoms with van der Waals surface area (Å²) in [5.41, 5.74) is 0.775. The summed E-state index contributed by atoms with van der Waals surface area (Å²) in [6, 6.07) is 2.41. The van der Waals surface area contributed by atoms with Crippen molar-refractivity contribution in [3.8, 4) is 11.5 Å². The van der Waals surface area contributed by atoms with E-state index in [2.05, 4.69) is 4.90 Å². The maximum absolute atomic E-state index is 13.0. The first-order chi connectivity index (χ1) is 9.86. The van der Waals surface area contributed by atoms with Crippen LogP contribution in [-0.2, 0) is 6.18 Å². The molecule has 21 heavy (non-hydrogen) atoms. The molecule has 0 bridgehead atoms. The third kappa shape index (κ3) is 3.32. The summed E-state index contributed by atoms with van der Waals surface area (Å²) in [7, 11) is 4.58. The molecule has 1 heterocycles. The standard InChI is InChI=1S/C15H18F3NO2/c1-19-6-4-5-10(9-19)11-7-14(21-3)12(15(16,17)18)8-13(11)20-2/h5,7-8H,4,6,9H2,1-3H3. The van der Waals surface area contributed by atoms with Gasteiger partial charge in [0.05, 0.1) is 14.2 Å². The molecule has 0 radical (unpaired) electrons.